The Bertz CT molecular complexity index is 488. The van der Waals surface area contributed by atoms with E-state index in [-0.39, 0.29) is 18.4 Å². The molecule has 0 radical (unpaired) electrons. The lowest BCUT2D eigenvalue weighted by molar-refractivity contribution is -0.149. The number of benzene rings is 1. The van der Waals surface area contributed by atoms with Crippen LogP contribution in [0.4, 0.5) is 0 Å². The normalized spacial score (nSPS) is 21.9. The molecular weight excluding hydrogens is 270 g/mol. The molecule has 5 nitrogen and oxygen atoms in total. The number of rotatable bonds is 5. The zero-order valence-corrected chi connectivity index (χ0v) is 12.2. The molecule has 2 rings (SSSR count). The fraction of sp³-hybridized carbons (Fsp3) is 0.500. The Morgan fingerprint density at radius 3 is 2.71 bits per heavy atom. The van der Waals surface area contributed by atoms with Gasteiger partial charge in [0.25, 0.3) is 0 Å². The molecule has 1 heterocycles. The van der Waals surface area contributed by atoms with Gasteiger partial charge >= 0.3 is 5.97 Å². The average molecular weight is 291 g/mol. The van der Waals surface area contributed by atoms with Crippen LogP contribution < -0.4 is 4.74 Å². The Kier molecular flexibility index (Phi) is 5.20. The van der Waals surface area contributed by atoms with Crippen LogP contribution in [0.2, 0.25) is 0 Å². The first-order valence-electron chi connectivity index (χ1n) is 7.29. The number of piperidine rings is 1. The lowest BCUT2D eigenvalue weighted by atomic mass is 9.90. The number of carboxylic acid groups (broad SMARTS) is 1. The molecule has 0 aliphatic carbocycles. The van der Waals surface area contributed by atoms with Crippen LogP contribution in [0.1, 0.15) is 26.2 Å². The van der Waals surface area contributed by atoms with Gasteiger partial charge < -0.3 is 14.7 Å². The van der Waals surface area contributed by atoms with E-state index >= 15 is 0 Å². The zero-order chi connectivity index (χ0) is 15.2. The first-order chi connectivity index (χ1) is 10.1. The van der Waals surface area contributed by atoms with Crippen LogP contribution >= 0.6 is 0 Å². The Hall–Kier alpha value is -2.04. The maximum Gasteiger partial charge on any atom is 0.308 e. The fourth-order valence-corrected chi connectivity index (χ4v) is 2.74. The third-order valence-corrected chi connectivity index (χ3v) is 3.95. The highest BCUT2D eigenvalue weighted by Crippen LogP contribution is 2.24. The molecule has 1 N–H and O–H groups in total. The predicted molar refractivity (Wildman–Crippen MR) is 78.1 cm³/mol. The summed E-state index contributed by atoms with van der Waals surface area (Å²) in [5.74, 6) is -0.580. The van der Waals surface area contributed by atoms with Crippen molar-refractivity contribution < 1.29 is 19.4 Å². The number of likely N-dealkylation sites (tertiary alicyclic amines) is 1. The van der Waals surface area contributed by atoms with Crippen LogP contribution in [0.25, 0.3) is 0 Å². The van der Waals surface area contributed by atoms with Gasteiger partial charge in [0.2, 0.25) is 5.91 Å². The molecule has 1 aromatic carbocycles. The van der Waals surface area contributed by atoms with Crippen LogP contribution in [-0.2, 0) is 9.59 Å². The number of nitrogens with zero attached hydrogens (tertiary/aromatic N) is 1. The molecule has 1 aliphatic heterocycles. The molecule has 21 heavy (non-hydrogen) atoms. The molecule has 1 fully saturated rings. The molecule has 0 saturated carbocycles. The van der Waals surface area contributed by atoms with Crippen molar-refractivity contribution in [3.63, 3.8) is 0 Å². The standard InChI is InChI=1S/C16H21NO4/c1-12-14(16(19)20)8-5-10-17(12)15(18)9-11-21-13-6-3-2-4-7-13/h2-4,6-7,12,14H,5,8-11H2,1H3,(H,19,20)/t12-,14-/m1/s1. The van der Waals surface area contributed by atoms with Gasteiger partial charge in [0.1, 0.15) is 5.75 Å². The lowest BCUT2D eigenvalue weighted by Crippen LogP contribution is -2.49. The largest absolute Gasteiger partial charge is 0.493 e. The SMILES string of the molecule is C[C@@H]1[C@H](C(=O)O)CCCN1C(=O)CCOc1ccccc1. The van der Waals surface area contributed by atoms with Crippen molar-refractivity contribution in [2.75, 3.05) is 13.2 Å². The smallest absolute Gasteiger partial charge is 0.308 e. The van der Waals surface area contributed by atoms with Crippen molar-refractivity contribution in [3.05, 3.63) is 30.3 Å². The Morgan fingerprint density at radius 2 is 2.05 bits per heavy atom. The van der Waals surface area contributed by atoms with Gasteiger partial charge in [-0.2, -0.15) is 0 Å². The molecule has 1 saturated heterocycles. The van der Waals surface area contributed by atoms with Gasteiger partial charge in [-0.25, -0.2) is 0 Å². The highest BCUT2D eigenvalue weighted by molar-refractivity contribution is 5.78. The first kappa shape index (κ1) is 15.4. The van der Waals surface area contributed by atoms with Gasteiger partial charge in [-0.1, -0.05) is 18.2 Å². The van der Waals surface area contributed by atoms with Crippen LogP contribution in [0, 0.1) is 5.92 Å². The van der Waals surface area contributed by atoms with Crippen LogP contribution in [-0.4, -0.2) is 41.1 Å². The van der Waals surface area contributed by atoms with Crippen molar-refractivity contribution in [3.8, 4) is 5.75 Å². The molecule has 0 unspecified atom stereocenters. The van der Waals surface area contributed by atoms with Gasteiger partial charge in [0.05, 0.1) is 18.9 Å². The van der Waals surface area contributed by atoms with Gasteiger partial charge in [-0.05, 0) is 31.9 Å². The van der Waals surface area contributed by atoms with Gasteiger partial charge in [0, 0.05) is 12.6 Å². The van der Waals surface area contributed by atoms with Crippen LogP contribution in [0.3, 0.4) is 0 Å². The second-order valence-electron chi connectivity index (χ2n) is 5.33. The van der Waals surface area contributed by atoms with E-state index in [0.717, 1.165) is 12.2 Å². The van der Waals surface area contributed by atoms with E-state index in [0.29, 0.717) is 19.6 Å². The predicted octanol–water partition coefficient (Wildman–Crippen LogP) is 2.17. The van der Waals surface area contributed by atoms with Gasteiger partial charge in [-0.15, -0.1) is 0 Å². The molecule has 2 atom stereocenters. The molecule has 0 aromatic heterocycles. The summed E-state index contributed by atoms with van der Waals surface area (Å²) in [7, 11) is 0. The quantitative estimate of drug-likeness (QED) is 0.903. The molecule has 1 aromatic rings. The van der Waals surface area contributed by atoms with E-state index in [2.05, 4.69) is 0 Å². The third kappa shape index (κ3) is 3.97. The average Bonchev–Trinajstić information content (AvgIpc) is 2.48. The molecular formula is C16H21NO4. The van der Waals surface area contributed by atoms with Crippen molar-refractivity contribution in [2.24, 2.45) is 5.92 Å². The monoisotopic (exact) mass is 291 g/mol. The van der Waals surface area contributed by atoms with E-state index < -0.39 is 11.9 Å². The second-order valence-corrected chi connectivity index (χ2v) is 5.33. The molecule has 0 spiro atoms. The Labute approximate surface area is 124 Å². The minimum Gasteiger partial charge on any atom is -0.493 e. The number of amides is 1. The molecule has 1 aliphatic rings. The summed E-state index contributed by atoms with van der Waals surface area (Å²) in [6, 6.07) is 9.09. The number of carbonyl (C=O) groups is 2. The minimum atomic E-state index is -0.819. The van der Waals surface area contributed by atoms with Crippen molar-refractivity contribution in [1.82, 2.24) is 4.90 Å². The van der Waals surface area contributed by atoms with Crippen molar-refractivity contribution >= 4 is 11.9 Å². The molecule has 114 valence electrons. The summed E-state index contributed by atoms with van der Waals surface area (Å²) < 4.78 is 5.51. The summed E-state index contributed by atoms with van der Waals surface area (Å²) in [4.78, 5) is 25.1. The Balaban J connectivity index is 1.83. The van der Waals surface area contributed by atoms with Gasteiger partial charge in [0.15, 0.2) is 0 Å². The highest BCUT2D eigenvalue weighted by atomic mass is 16.5. The summed E-state index contributed by atoms with van der Waals surface area (Å²) in [6.07, 6.45) is 1.65. The zero-order valence-electron chi connectivity index (χ0n) is 12.2. The number of hydrogen-bond acceptors (Lipinski definition) is 3. The number of para-hydroxylation sites is 1. The first-order valence-corrected chi connectivity index (χ1v) is 7.29. The summed E-state index contributed by atoms with van der Waals surface area (Å²) in [5.41, 5.74) is 0. The fourth-order valence-electron chi connectivity index (χ4n) is 2.74. The minimum absolute atomic E-state index is 0.0376. The highest BCUT2D eigenvalue weighted by Gasteiger charge is 2.34. The van der Waals surface area contributed by atoms with E-state index in [4.69, 9.17) is 4.74 Å². The van der Waals surface area contributed by atoms with E-state index in [9.17, 15) is 14.7 Å². The molecule has 0 bridgehead atoms. The van der Waals surface area contributed by atoms with E-state index in [1.807, 2.05) is 37.3 Å². The number of aliphatic carboxylic acids is 1. The molecule has 5 heteroatoms. The topological polar surface area (TPSA) is 66.8 Å². The number of carboxylic acids is 1. The maximum absolute atomic E-state index is 12.2. The summed E-state index contributed by atoms with van der Waals surface area (Å²) >= 11 is 0. The van der Waals surface area contributed by atoms with Crippen LogP contribution in [0.5, 0.6) is 5.75 Å². The number of carbonyl (C=O) groups excluding carboxylic acids is 1. The van der Waals surface area contributed by atoms with Crippen molar-refractivity contribution in [1.29, 1.82) is 0 Å². The number of hydrogen-bond donors (Lipinski definition) is 1. The van der Waals surface area contributed by atoms with Gasteiger partial charge in [-0.3, -0.25) is 9.59 Å². The van der Waals surface area contributed by atoms with Crippen molar-refractivity contribution in [2.45, 2.75) is 32.2 Å². The maximum atomic E-state index is 12.2. The summed E-state index contributed by atoms with van der Waals surface area (Å²) in [5, 5.41) is 9.17. The van der Waals surface area contributed by atoms with Crippen LogP contribution in [0.15, 0.2) is 30.3 Å². The van der Waals surface area contributed by atoms with E-state index in [1.54, 1.807) is 4.90 Å². The third-order valence-electron chi connectivity index (χ3n) is 3.95. The Morgan fingerprint density at radius 1 is 1.33 bits per heavy atom. The van der Waals surface area contributed by atoms with E-state index in [1.165, 1.54) is 0 Å². The second kappa shape index (κ2) is 7.11. The lowest BCUT2D eigenvalue weighted by Gasteiger charge is -2.37. The number of ether oxygens (including phenoxy) is 1. The molecule has 1 amide bonds. The summed E-state index contributed by atoms with van der Waals surface area (Å²) in [6.45, 7) is 2.76.